The summed E-state index contributed by atoms with van der Waals surface area (Å²) in [6, 6.07) is 4.12. The minimum Gasteiger partial charge on any atom is -0.351 e. The zero-order chi connectivity index (χ0) is 8.10. The molecule has 0 unspecified atom stereocenters. The van der Waals surface area contributed by atoms with Crippen molar-refractivity contribution in [2.45, 2.75) is 6.92 Å². The summed E-state index contributed by atoms with van der Waals surface area (Å²) < 4.78 is 2.08. The molecule has 0 N–H and O–H groups in total. The summed E-state index contributed by atoms with van der Waals surface area (Å²) in [4.78, 5) is 0. The fraction of sp³-hybridized carbons (Fsp3) is 0.200. The van der Waals surface area contributed by atoms with Gasteiger partial charge in [0.15, 0.2) is 0 Å². The molecule has 1 nitrogen and oxygen atoms in total. The Morgan fingerprint density at radius 1 is 1.36 bits per heavy atom. The highest BCUT2D eigenvalue weighted by molar-refractivity contribution is 5.47. The molecule has 1 rings (SSSR count). The van der Waals surface area contributed by atoms with Crippen LogP contribution in [-0.2, 0) is 7.05 Å². The summed E-state index contributed by atoms with van der Waals surface area (Å²) in [5, 5.41) is 0. The molecule has 0 aliphatic rings. The third kappa shape index (κ3) is 2.11. The van der Waals surface area contributed by atoms with Crippen LogP contribution in [0, 0.1) is 0 Å². The predicted octanol–water partition coefficient (Wildman–Crippen LogP) is 2.61. The van der Waals surface area contributed by atoms with Crippen LogP contribution in [0.4, 0.5) is 0 Å². The van der Waals surface area contributed by atoms with E-state index >= 15 is 0 Å². The molecule has 58 valence electrons. The quantitative estimate of drug-likeness (QED) is 0.567. The van der Waals surface area contributed by atoms with Gasteiger partial charge in [-0.25, -0.2) is 0 Å². The Morgan fingerprint density at radius 3 is 2.73 bits per heavy atom. The van der Waals surface area contributed by atoms with E-state index in [2.05, 4.69) is 16.7 Å². The largest absolute Gasteiger partial charge is 0.351 e. The van der Waals surface area contributed by atoms with Crippen LogP contribution >= 0.6 is 0 Å². The fourth-order valence-electron chi connectivity index (χ4n) is 0.913. The minimum absolute atomic E-state index is 1.23. The van der Waals surface area contributed by atoms with Crippen molar-refractivity contribution in [2.75, 3.05) is 0 Å². The van der Waals surface area contributed by atoms with E-state index < -0.39 is 0 Å². The Kier molecular flexibility index (Phi) is 2.73. The van der Waals surface area contributed by atoms with E-state index in [1.807, 2.05) is 44.5 Å². The van der Waals surface area contributed by atoms with E-state index in [9.17, 15) is 0 Å². The molecule has 0 atom stereocenters. The average molecular weight is 147 g/mol. The molecule has 0 amide bonds. The summed E-state index contributed by atoms with van der Waals surface area (Å²) in [6.07, 6.45) is 10.2. The summed E-state index contributed by atoms with van der Waals surface area (Å²) in [5.41, 5.74) is 1.23. The first-order chi connectivity index (χ1) is 5.34. The predicted molar refractivity (Wildman–Crippen MR) is 49.3 cm³/mol. The van der Waals surface area contributed by atoms with Crippen LogP contribution in [-0.4, -0.2) is 4.57 Å². The third-order valence-electron chi connectivity index (χ3n) is 1.55. The van der Waals surface area contributed by atoms with Crippen LogP contribution in [0.2, 0.25) is 0 Å². The lowest BCUT2D eigenvalue weighted by molar-refractivity contribution is 0.915. The van der Waals surface area contributed by atoms with Crippen molar-refractivity contribution < 1.29 is 0 Å². The number of hydrogen-bond donors (Lipinski definition) is 0. The minimum atomic E-state index is 1.23. The second kappa shape index (κ2) is 3.81. The van der Waals surface area contributed by atoms with E-state index in [1.54, 1.807) is 0 Å². The maximum atomic E-state index is 2.08. The highest BCUT2D eigenvalue weighted by atomic mass is 14.9. The number of nitrogens with zero attached hydrogens (tertiary/aromatic N) is 1. The second-order valence-electron chi connectivity index (χ2n) is 2.43. The van der Waals surface area contributed by atoms with Crippen molar-refractivity contribution >= 4 is 6.08 Å². The summed E-state index contributed by atoms with van der Waals surface area (Å²) >= 11 is 0. The second-order valence-corrected chi connectivity index (χ2v) is 2.43. The van der Waals surface area contributed by atoms with Crippen LogP contribution in [0.15, 0.2) is 36.6 Å². The summed E-state index contributed by atoms with van der Waals surface area (Å²) in [6.45, 7) is 2.01. The molecule has 1 heterocycles. The van der Waals surface area contributed by atoms with Crippen molar-refractivity contribution in [3.8, 4) is 0 Å². The summed E-state index contributed by atoms with van der Waals surface area (Å²) in [5.74, 6) is 0. The highest BCUT2D eigenvalue weighted by Gasteiger charge is 1.87. The van der Waals surface area contributed by atoms with Crippen LogP contribution < -0.4 is 0 Å². The monoisotopic (exact) mass is 147 g/mol. The topological polar surface area (TPSA) is 4.93 Å². The molecular weight excluding hydrogens is 134 g/mol. The SMILES string of the molecule is CC=CC=Cc1cccn1C. The van der Waals surface area contributed by atoms with Gasteiger partial charge in [-0.05, 0) is 25.1 Å². The molecular formula is C10H13N. The van der Waals surface area contributed by atoms with Crippen LogP contribution in [0.3, 0.4) is 0 Å². The first kappa shape index (κ1) is 7.86. The van der Waals surface area contributed by atoms with Gasteiger partial charge in [0.2, 0.25) is 0 Å². The molecule has 0 spiro atoms. The van der Waals surface area contributed by atoms with Gasteiger partial charge >= 0.3 is 0 Å². The van der Waals surface area contributed by atoms with Crippen molar-refractivity contribution in [1.82, 2.24) is 4.57 Å². The maximum Gasteiger partial charge on any atom is 0.0404 e. The Morgan fingerprint density at radius 2 is 2.18 bits per heavy atom. The molecule has 0 saturated carbocycles. The lowest BCUT2D eigenvalue weighted by Gasteiger charge is -1.93. The Balaban J connectivity index is 2.71. The first-order valence-electron chi connectivity index (χ1n) is 3.75. The lowest BCUT2D eigenvalue weighted by Crippen LogP contribution is -1.85. The van der Waals surface area contributed by atoms with Gasteiger partial charge in [0.1, 0.15) is 0 Å². The first-order valence-corrected chi connectivity index (χ1v) is 3.75. The van der Waals surface area contributed by atoms with E-state index in [-0.39, 0.29) is 0 Å². The van der Waals surface area contributed by atoms with Crippen molar-refractivity contribution in [1.29, 1.82) is 0 Å². The van der Waals surface area contributed by atoms with E-state index in [4.69, 9.17) is 0 Å². The van der Waals surface area contributed by atoms with Crippen LogP contribution in [0.1, 0.15) is 12.6 Å². The molecule has 1 heteroatoms. The van der Waals surface area contributed by atoms with Crippen molar-refractivity contribution in [2.24, 2.45) is 7.05 Å². The van der Waals surface area contributed by atoms with Gasteiger partial charge in [0.25, 0.3) is 0 Å². The average Bonchev–Trinajstić information content (AvgIpc) is 2.37. The maximum absolute atomic E-state index is 2.08. The van der Waals surface area contributed by atoms with Gasteiger partial charge in [-0.1, -0.05) is 18.2 Å². The van der Waals surface area contributed by atoms with Crippen LogP contribution in [0.25, 0.3) is 6.08 Å². The molecule has 1 aromatic rings. The molecule has 0 aliphatic heterocycles. The highest BCUT2D eigenvalue weighted by Crippen LogP contribution is 2.01. The number of aryl methyl sites for hydroxylation is 1. The number of hydrogen-bond acceptors (Lipinski definition) is 0. The number of aromatic nitrogens is 1. The van der Waals surface area contributed by atoms with E-state index in [1.165, 1.54) is 5.69 Å². The van der Waals surface area contributed by atoms with Gasteiger partial charge in [-0.3, -0.25) is 0 Å². The standard InChI is InChI=1S/C10H13N/c1-3-4-5-7-10-8-6-9-11(10)2/h3-9H,1-2H3. The molecule has 0 fully saturated rings. The Hall–Kier alpha value is -1.24. The molecule has 0 radical (unpaired) electrons. The van der Waals surface area contributed by atoms with E-state index in [0.717, 1.165) is 0 Å². The van der Waals surface area contributed by atoms with E-state index in [0.29, 0.717) is 0 Å². The lowest BCUT2D eigenvalue weighted by atomic mass is 10.3. The summed E-state index contributed by atoms with van der Waals surface area (Å²) in [7, 11) is 2.04. The molecule has 0 aromatic carbocycles. The fourth-order valence-corrected chi connectivity index (χ4v) is 0.913. The van der Waals surface area contributed by atoms with Crippen molar-refractivity contribution in [3.63, 3.8) is 0 Å². The Bertz CT molecular complexity index is 266. The molecule has 0 aliphatic carbocycles. The number of allylic oxidation sites excluding steroid dienone is 3. The number of rotatable bonds is 2. The normalized spacial score (nSPS) is 11.8. The van der Waals surface area contributed by atoms with Crippen molar-refractivity contribution in [3.05, 3.63) is 42.3 Å². The smallest absolute Gasteiger partial charge is 0.0404 e. The Labute approximate surface area is 67.7 Å². The molecule has 0 saturated heterocycles. The van der Waals surface area contributed by atoms with Gasteiger partial charge in [0, 0.05) is 18.9 Å². The van der Waals surface area contributed by atoms with Gasteiger partial charge in [0.05, 0.1) is 0 Å². The molecule has 0 bridgehead atoms. The van der Waals surface area contributed by atoms with Crippen LogP contribution in [0.5, 0.6) is 0 Å². The third-order valence-corrected chi connectivity index (χ3v) is 1.55. The zero-order valence-electron chi connectivity index (χ0n) is 6.99. The molecule has 1 aromatic heterocycles. The zero-order valence-corrected chi connectivity index (χ0v) is 6.99. The van der Waals surface area contributed by atoms with Gasteiger partial charge in [-0.2, -0.15) is 0 Å². The van der Waals surface area contributed by atoms with Gasteiger partial charge in [-0.15, -0.1) is 0 Å². The van der Waals surface area contributed by atoms with Gasteiger partial charge < -0.3 is 4.57 Å². The molecule has 11 heavy (non-hydrogen) atoms.